The first kappa shape index (κ1) is 24.7. The van der Waals surface area contributed by atoms with Crippen LogP contribution >= 0.6 is 0 Å². The molecule has 0 aliphatic rings. The van der Waals surface area contributed by atoms with Gasteiger partial charge in [0.2, 0.25) is 0 Å². The predicted molar refractivity (Wildman–Crippen MR) is 123 cm³/mol. The van der Waals surface area contributed by atoms with Gasteiger partial charge in [-0.05, 0) is 53.6 Å². The molecule has 1 heterocycles. The lowest BCUT2D eigenvalue weighted by Gasteiger charge is -2.26. The van der Waals surface area contributed by atoms with E-state index in [4.69, 9.17) is 5.14 Å². The van der Waals surface area contributed by atoms with Crippen molar-refractivity contribution >= 4 is 16.0 Å². The maximum absolute atomic E-state index is 13.0. The van der Waals surface area contributed by atoms with E-state index in [1.54, 1.807) is 40.0 Å². The van der Waals surface area contributed by atoms with Gasteiger partial charge in [0.15, 0.2) is 0 Å². The molecular formula is C23H17F3N6O3S. The minimum absolute atomic E-state index is 0.0417. The molecule has 3 aromatic carbocycles. The lowest BCUT2D eigenvalue weighted by Crippen LogP contribution is -2.28. The first-order valence-electron chi connectivity index (χ1n) is 10.2. The average molecular weight is 514 g/mol. The topological polar surface area (TPSA) is 127 Å². The molecule has 0 aliphatic heterocycles. The molecule has 0 radical (unpaired) electrons. The number of halogens is 3. The van der Waals surface area contributed by atoms with Crippen molar-refractivity contribution in [1.29, 1.82) is 5.26 Å². The van der Waals surface area contributed by atoms with E-state index in [1.165, 1.54) is 36.9 Å². The molecule has 9 nitrogen and oxygen atoms in total. The van der Waals surface area contributed by atoms with Gasteiger partial charge < -0.3 is 4.18 Å². The number of nitrogens with zero attached hydrogens (tertiary/aromatic N) is 5. The summed E-state index contributed by atoms with van der Waals surface area (Å²) in [6, 6.07) is 17.7. The fraction of sp³-hybridized carbons (Fsp3) is 0.0870. The Morgan fingerprint density at radius 1 is 1.00 bits per heavy atom. The van der Waals surface area contributed by atoms with Crippen molar-refractivity contribution in [2.24, 2.45) is 5.14 Å². The van der Waals surface area contributed by atoms with Crippen LogP contribution in [0, 0.1) is 11.3 Å². The smallest absolute Gasteiger partial charge is 0.371 e. The normalized spacial score (nSPS) is 11.6. The SMILES string of the molecule is N#Cc1ccc(N(Cc2ccc(OS(N)(=O)=O)cc2)n2cnnc2)cc1-c1ccc(C(F)(F)F)cc1. The maximum Gasteiger partial charge on any atom is 0.416 e. The number of nitrogens with two attached hydrogens (primary N) is 1. The Kier molecular flexibility index (Phi) is 6.65. The molecule has 0 saturated heterocycles. The highest BCUT2D eigenvalue weighted by Crippen LogP contribution is 2.33. The average Bonchev–Trinajstić information content (AvgIpc) is 3.36. The largest absolute Gasteiger partial charge is 0.416 e. The Morgan fingerprint density at radius 3 is 2.19 bits per heavy atom. The van der Waals surface area contributed by atoms with Crippen LogP contribution in [-0.4, -0.2) is 23.3 Å². The molecule has 0 bridgehead atoms. The zero-order valence-electron chi connectivity index (χ0n) is 18.3. The molecule has 13 heteroatoms. The zero-order valence-corrected chi connectivity index (χ0v) is 19.1. The molecule has 36 heavy (non-hydrogen) atoms. The van der Waals surface area contributed by atoms with E-state index in [0.29, 0.717) is 16.8 Å². The van der Waals surface area contributed by atoms with Gasteiger partial charge in [-0.3, -0.25) is 5.01 Å². The number of hydrogen-bond donors (Lipinski definition) is 1. The van der Waals surface area contributed by atoms with E-state index in [2.05, 4.69) is 20.4 Å². The van der Waals surface area contributed by atoms with Crippen molar-refractivity contribution in [3.05, 3.63) is 96.1 Å². The highest BCUT2D eigenvalue weighted by atomic mass is 32.2. The van der Waals surface area contributed by atoms with Crippen LogP contribution in [0.2, 0.25) is 0 Å². The first-order valence-corrected chi connectivity index (χ1v) is 11.7. The van der Waals surface area contributed by atoms with Gasteiger partial charge >= 0.3 is 16.5 Å². The van der Waals surface area contributed by atoms with Crippen molar-refractivity contribution < 1.29 is 25.8 Å². The van der Waals surface area contributed by atoms with Crippen molar-refractivity contribution in [2.45, 2.75) is 12.7 Å². The van der Waals surface area contributed by atoms with Crippen molar-refractivity contribution in [1.82, 2.24) is 14.9 Å². The second-order valence-corrected chi connectivity index (χ2v) is 8.69. The van der Waals surface area contributed by atoms with Gasteiger partial charge in [0.05, 0.1) is 29.4 Å². The highest BCUT2D eigenvalue weighted by molar-refractivity contribution is 7.84. The third kappa shape index (κ3) is 5.80. The van der Waals surface area contributed by atoms with Gasteiger partial charge in [-0.25, -0.2) is 4.68 Å². The monoisotopic (exact) mass is 514 g/mol. The van der Waals surface area contributed by atoms with Gasteiger partial charge in [-0.1, -0.05) is 24.3 Å². The Morgan fingerprint density at radius 2 is 1.64 bits per heavy atom. The Balaban J connectivity index is 1.70. The van der Waals surface area contributed by atoms with Crippen LogP contribution < -0.4 is 14.3 Å². The summed E-state index contributed by atoms with van der Waals surface area (Å²) in [7, 11) is -4.16. The molecule has 184 valence electrons. The molecule has 0 spiro atoms. The van der Waals surface area contributed by atoms with E-state index in [9.17, 15) is 26.9 Å². The summed E-state index contributed by atoms with van der Waals surface area (Å²) in [5.74, 6) is 0.0417. The molecule has 4 rings (SSSR count). The summed E-state index contributed by atoms with van der Waals surface area (Å²) in [4.78, 5) is 0. The highest BCUT2D eigenvalue weighted by Gasteiger charge is 2.30. The first-order chi connectivity index (χ1) is 17.0. The van der Waals surface area contributed by atoms with E-state index in [0.717, 1.165) is 17.7 Å². The molecule has 0 amide bonds. The molecule has 0 aliphatic carbocycles. The molecular weight excluding hydrogens is 497 g/mol. The molecule has 0 saturated carbocycles. The van der Waals surface area contributed by atoms with Crippen LogP contribution in [0.4, 0.5) is 18.9 Å². The molecule has 4 aromatic rings. The zero-order chi connectivity index (χ0) is 25.9. The number of rotatable bonds is 7. The minimum Gasteiger partial charge on any atom is -0.371 e. The van der Waals surface area contributed by atoms with E-state index in [-0.39, 0.29) is 17.9 Å². The molecule has 0 unspecified atom stereocenters. The Labute approximate surface area is 204 Å². The lowest BCUT2D eigenvalue weighted by molar-refractivity contribution is -0.137. The van der Waals surface area contributed by atoms with Crippen LogP contribution in [0.15, 0.2) is 79.4 Å². The van der Waals surface area contributed by atoms with Crippen LogP contribution in [0.1, 0.15) is 16.7 Å². The van der Waals surface area contributed by atoms with Crippen LogP contribution in [0.5, 0.6) is 5.75 Å². The standard InChI is InChI=1S/C23H17F3N6O3S/c24-23(25,26)19-6-3-17(4-7-19)22-11-20(8-5-18(22)12-27)32(31-14-29-30-15-31)13-16-1-9-21(10-2-16)35-36(28,33)34/h1-11,14-15H,13H2,(H2,28,33,34). The molecule has 0 fully saturated rings. The molecule has 2 N–H and O–H groups in total. The number of aromatic nitrogens is 3. The third-order valence-corrected chi connectivity index (χ3v) is 5.52. The summed E-state index contributed by atoms with van der Waals surface area (Å²) >= 11 is 0. The van der Waals surface area contributed by atoms with Crippen molar-refractivity contribution in [3.8, 4) is 22.9 Å². The van der Waals surface area contributed by atoms with Gasteiger partial charge in [-0.15, -0.1) is 10.2 Å². The summed E-state index contributed by atoms with van der Waals surface area (Å²) in [6.07, 6.45) is -1.57. The number of hydrogen-bond acceptors (Lipinski definition) is 7. The number of anilines is 1. The summed E-state index contributed by atoms with van der Waals surface area (Å²) < 4.78 is 67.5. The van der Waals surface area contributed by atoms with Gasteiger partial charge in [-0.2, -0.15) is 32.0 Å². The van der Waals surface area contributed by atoms with Gasteiger partial charge in [0, 0.05) is 5.56 Å². The Bertz CT molecular complexity index is 1500. The Hall–Kier alpha value is -4.41. The predicted octanol–water partition coefficient (Wildman–Crippen LogP) is 3.89. The lowest BCUT2D eigenvalue weighted by atomic mass is 9.98. The van der Waals surface area contributed by atoms with Crippen molar-refractivity contribution in [2.75, 3.05) is 5.01 Å². The summed E-state index contributed by atoms with van der Waals surface area (Å²) in [6.45, 7) is 0.256. The van der Waals surface area contributed by atoms with E-state index in [1.807, 2.05) is 0 Å². The molecule has 0 atom stereocenters. The quantitative estimate of drug-likeness (QED) is 0.396. The number of alkyl halides is 3. The van der Waals surface area contributed by atoms with Gasteiger partial charge in [0.1, 0.15) is 18.4 Å². The number of benzene rings is 3. The second-order valence-electron chi connectivity index (χ2n) is 7.54. The summed E-state index contributed by atoms with van der Waals surface area (Å²) in [5, 5.41) is 23.9. The minimum atomic E-state index is -4.47. The van der Waals surface area contributed by atoms with Crippen LogP contribution in [0.3, 0.4) is 0 Å². The number of nitriles is 1. The fourth-order valence-corrected chi connectivity index (χ4v) is 3.83. The fourth-order valence-electron chi connectivity index (χ4n) is 3.45. The van der Waals surface area contributed by atoms with Gasteiger partial charge in [0.25, 0.3) is 0 Å². The molecule has 1 aromatic heterocycles. The summed E-state index contributed by atoms with van der Waals surface area (Å²) in [5.41, 5.74) is 1.71. The third-order valence-electron chi connectivity index (χ3n) is 5.10. The second kappa shape index (κ2) is 9.68. The van der Waals surface area contributed by atoms with Crippen LogP contribution in [-0.2, 0) is 23.0 Å². The van der Waals surface area contributed by atoms with E-state index >= 15 is 0 Å². The van der Waals surface area contributed by atoms with Crippen molar-refractivity contribution in [3.63, 3.8) is 0 Å². The van der Waals surface area contributed by atoms with Crippen LogP contribution in [0.25, 0.3) is 11.1 Å². The maximum atomic E-state index is 13.0. The van der Waals surface area contributed by atoms with E-state index < -0.39 is 22.0 Å².